The van der Waals surface area contributed by atoms with E-state index >= 15 is 0 Å². The van der Waals surface area contributed by atoms with Crippen molar-refractivity contribution in [3.8, 4) is 0 Å². The number of halogens is 2. The number of rotatable bonds is 3. The average molecular weight is 333 g/mol. The van der Waals surface area contributed by atoms with E-state index in [0.717, 1.165) is 19.4 Å². The molecule has 6 heteroatoms. The zero-order chi connectivity index (χ0) is 13.1. The quantitative estimate of drug-likeness (QED) is 0.835. The van der Waals surface area contributed by atoms with Crippen LogP contribution in [0.1, 0.15) is 18.4 Å². The molecule has 0 bridgehead atoms. The summed E-state index contributed by atoms with van der Waals surface area (Å²) in [6, 6.07) is 3.51. The Bertz CT molecular complexity index is 464. The molecule has 3 N–H and O–H groups in total. The summed E-state index contributed by atoms with van der Waals surface area (Å²) in [5.74, 6) is -0.370. The molecule has 18 heavy (non-hydrogen) atoms. The summed E-state index contributed by atoms with van der Waals surface area (Å²) in [7, 11) is 0. The molecular weight excluding hydrogens is 319 g/mol. The Balaban J connectivity index is 2.18. The van der Waals surface area contributed by atoms with Crippen molar-refractivity contribution in [2.45, 2.75) is 18.9 Å². The highest BCUT2D eigenvalue weighted by Gasteiger charge is 2.18. The third-order valence-corrected chi connectivity index (χ3v) is 3.86. The van der Waals surface area contributed by atoms with E-state index in [1.165, 1.54) is 0 Å². The molecule has 0 aliphatic carbocycles. The molecule has 1 aromatic rings. The largest absolute Gasteiger partial charge is 0.389 e. The van der Waals surface area contributed by atoms with Crippen LogP contribution in [0.15, 0.2) is 16.6 Å². The minimum Gasteiger partial charge on any atom is -0.389 e. The van der Waals surface area contributed by atoms with E-state index in [1.54, 1.807) is 12.1 Å². The zero-order valence-electron chi connectivity index (χ0n) is 9.71. The second kappa shape index (κ2) is 5.95. The molecule has 2 rings (SSSR count). The third-order valence-electron chi connectivity index (χ3n) is 2.87. The third kappa shape index (κ3) is 2.99. The molecule has 98 valence electrons. The summed E-state index contributed by atoms with van der Waals surface area (Å²) < 4.78 is 19.8. The van der Waals surface area contributed by atoms with Crippen LogP contribution in [0, 0.1) is 5.82 Å². The Morgan fingerprint density at radius 1 is 1.56 bits per heavy atom. The topological polar surface area (TPSA) is 47.3 Å². The van der Waals surface area contributed by atoms with Crippen LogP contribution >= 0.6 is 28.1 Å². The number of thiocarbonyl (C=S) groups is 1. The Morgan fingerprint density at radius 3 is 2.94 bits per heavy atom. The summed E-state index contributed by atoms with van der Waals surface area (Å²) in [5, 5.41) is 3.14. The van der Waals surface area contributed by atoms with Crippen molar-refractivity contribution in [2.24, 2.45) is 5.73 Å². The lowest BCUT2D eigenvalue weighted by molar-refractivity contribution is 0.0875. The second-order valence-corrected chi connectivity index (χ2v) is 5.44. The monoisotopic (exact) mass is 332 g/mol. The van der Waals surface area contributed by atoms with Crippen molar-refractivity contribution in [1.29, 1.82) is 0 Å². The van der Waals surface area contributed by atoms with Gasteiger partial charge in [0.15, 0.2) is 5.82 Å². The lowest BCUT2D eigenvalue weighted by Gasteiger charge is -2.24. The van der Waals surface area contributed by atoms with Crippen molar-refractivity contribution in [3.63, 3.8) is 0 Å². The van der Waals surface area contributed by atoms with Gasteiger partial charge in [0.2, 0.25) is 0 Å². The van der Waals surface area contributed by atoms with Crippen LogP contribution in [-0.4, -0.2) is 24.2 Å². The van der Waals surface area contributed by atoms with Crippen molar-refractivity contribution in [3.05, 3.63) is 28.0 Å². The predicted octanol–water partition coefficient (Wildman–Crippen LogP) is 2.81. The molecule has 0 aromatic heterocycles. The van der Waals surface area contributed by atoms with Crippen LogP contribution in [0.2, 0.25) is 0 Å². The van der Waals surface area contributed by atoms with Gasteiger partial charge in [-0.05, 0) is 40.9 Å². The Labute approximate surface area is 119 Å². The van der Waals surface area contributed by atoms with E-state index in [9.17, 15) is 4.39 Å². The first-order valence-corrected chi connectivity index (χ1v) is 6.92. The highest BCUT2D eigenvalue weighted by molar-refractivity contribution is 9.10. The van der Waals surface area contributed by atoms with Gasteiger partial charge in [-0.15, -0.1) is 0 Å². The maximum absolute atomic E-state index is 14.1. The van der Waals surface area contributed by atoms with Gasteiger partial charge in [-0.25, -0.2) is 4.39 Å². The molecule has 1 aliphatic heterocycles. The number of anilines is 1. The van der Waals surface area contributed by atoms with E-state index in [4.69, 9.17) is 22.7 Å². The summed E-state index contributed by atoms with van der Waals surface area (Å²) in [6.45, 7) is 1.39. The maximum Gasteiger partial charge on any atom is 0.161 e. The Hall–Kier alpha value is -0.720. The Morgan fingerprint density at radius 2 is 2.33 bits per heavy atom. The molecule has 0 radical (unpaired) electrons. The fourth-order valence-corrected chi connectivity index (χ4v) is 2.79. The summed E-state index contributed by atoms with van der Waals surface area (Å²) in [5.41, 5.74) is 6.46. The number of nitrogens with two attached hydrogens (primary N) is 1. The first-order valence-electron chi connectivity index (χ1n) is 5.71. The van der Waals surface area contributed by atoms with E-state index < -0.39 is 0 Å². The van der Waals surface area contributed by atoms with E-state index in [0.29, 0.717) is 22.3 Å². The summed E-state index contributed by atoms with van der Waals surface area (Å²) in [6.07, 6.45) is 1.97. The van der Waals surface area contributed by atoms with E-state index in [2.05, 4.69) is 21.2 Å². The first-order chi connectivity index (χ1) is 8.59. The normalized spacial score (nSPS) is 19.6. The minimum absolute atomic E-state index is 0.149. The molecule has 3 nitrogen and oxygen atoms in total. The number of ether oxygens (including phenoxy) is 1. The SMILES string of the molecule is NC(=S)c1ccc(NC2CCCOC2)c(F)c1Br. The molecular formula is C12H14BrFN2OS. The lowest BCUT2D eigenvalue weighted by atomic mass is 10.1. The first kappa shape index (κ1) is 13.7. The molecule has 1 saturated heterocycles. The van der Waals surface area contributed by atoms with Crippen LogP contribution in [0.4, 0.5) is 10.1 Å². The highest BCUT2D eigenvalue weighted by atomic mass is 79.9. The van der Waals surface area contributed by atoms with Crippen molar-refractivity contribution >= 4 is 38.8 Å². The number of nitrogens with one attached hydrogen (secondary N) is 1. The standard InChI is InChI=1S/C12H14BrFN2OS/c13-10-8(12(15)18)3-4-9(11(10)14)16-7-2-1-5-17-6-7/h3-4,7,16H,1-2,5-6H2,(H2,15,18). The van der Waals surface area contributed by atoms with Crippen molar-refractivity contribution < 1.29 is 9.13 Å². The fraction of sp³-hybridized carbons (Fsp3) is 0.417. The van der Waals surface area contributed by atoms with Crippen LogP contribution in [-0.2, 0) is 4.74 Å². The molecule has 1 aromatic carbocycles. The average Bonchev–Trinajstić information content (AvgIpc) is 2.36. The smallest absolute Gasteiger partial charge is 0.161 e. The van der Waals surface area contributed by atoms with Crippen molar-refractivity contribution in [1.82, 2.24) is 0 Å². The summed E-state index contributed by atoms with van der Waals surface area (Å²) in [4.78, 5) is 0.174. The van der Waals surface area contributed by atoms with E-state index in [-0.39, 0.29) is 16.8 Å². The van der Waals surface area contributed by atoms with Gasteiger partial charge in [0.1, 0.15) is 4.99 Å². The van der Waals surface area contributed by atoms with Gasteiger partial charge in [0.25, 0.3) is 0 Å². The zero-order valence-corrected chi connectivity index (χ0v) is 12.1. The molecule has 0 saturated carbocycles. The second-order valence-electron chi connectivity index (χ2n) is 4.21. The van der Waals surface area contributed by atoms with Gasteiger partial charge >= 0.3 is 0 Å². The lowest BCUT2D eigenvalue weighted by Crippen LogP contribution is -2.30. The van der Waals surface area contributed by atoms with Crippen LogP contribution < -0.4 is 11.1 Å². The molecule has 1 fully saturated rings. The molecule has 0 spiro atoms. The molecule has 1 heterocycles. The van der Waals surface area contributed by atoms with Crippen LogP contribution in [0.3, 0.4) is 0 Å². The van der Waals surface area contributed by atoms with Crippen LogP contribution in [0.25, 0.3) is 0 Å². The van der Waals surface area contributed by atoms with Crippen LogP contribution in [0.5, 0.6) is 0 Å². The predicted molar refractivity (Wildman–Crippen MR) is 77.5 cm³/mol. The van der Waals surface area contributed by atoms with Gasteiger partial charge in [-0.1, -0.05) is 12.2 Å². The Kier molecular flexibility index (Phi) is 4.53. The van der Waals surface area contributed by atoms with Gasteiger partial charge in [-0.2, -0.15) is 0 Å². The maximum atomic E-state index is 14.1. The molecule has 0 amide bonds. The highest BCUT2D eigenvalue weighted by Crippen LogP contribution is 2.28. The van der Waals surface area contributed by atoms with Gasteiger partial charge in [-0.3, -0.25) is 0 Å². The number of hydrogen-bond acceptors (Lipinski definition) is 3. The van der Waals surface area contributed by atoms with Gasteiger partial charge < -0.3 is 15.8 Å². The van der Waals surface area contributed by atoms with Gasteiger partial charge in [0.05, 0.1) is 16.8 Å². The summed E-state index contributed by atoms with van der Waals surface area (Å²) >= 11 is 8.04. The molecule has 1 unspecified atom stereocenters. The van der Waals surface area contributed by atoms with Crippen molar-refractivity contribution in [2.75, 3.05) is 18.5 Å². The van der Waals surface area contributed by atoms with Gasteiger partial charge in [0, 0.05) is 18.2 Å². The minimum atomic E-state index is -0.370. The molecule has 1 atom stereocenters. The number of benzene rings is 1. The van der Waals surface area contributed by atoms with E-state index in [1.807, 2.05) is 0 Å². The molecule has 1 aliphatic rings. The number of hydrogen-bond donors (Lipinski definition) is 2. The fourth-order valence-electron chi connectivity index (χ4n) is 1.93.